The monoisotopic (exact) mass is 561 g/mol. The molecular weight excluding hydrogens is 522 g/mol. The van der Waals surface area contributed by atoms with Crippen molar-refractivity contribution in [1.29, 1.82) is 0 Å². The highest BCUT2D eigenvalue weighted by atomic mass is 16.5. The van der Waals surface area contributed by atoms with Crippen LogP contribution in [0.2, 0.25) is 0 Å². The molecule has 5 rings (SSSR count). The summed E-state index contributed by atoms with van der Waals surface area (Å²) in [7, 11) is 0. The van der Waals surface area contributed by atoms with Gasteiger partial charge in [0.2, 0.25) is 5.91 Å². The topological polar surface area (TPSA) is 111 Å². The summed E-state index contributed by atoms with van der Waals surface area (Å²) in [4.78, 5) is 46.8. The van der Waals surface area contributed by atoms with E-state index in [-0.39, 0.29) is 12.5 Å². The van der Waals surface area contributed by atoms with Crippen molar-refractivity contribution < 1.29 is 29.3 Å². The summed E-state index contributed by atoms with van der Waals surface area (Å²) in [6.07, 6.45) is 2.41. The molecule has 0 aliphatic carbocycles. The maximum absolute atomic E-state index is 14.7. The number of hydrogen-bond acceptors (Lipinski definition) is 6. The van der Waals surface area contributed by atoms with E-state index >= 15 is 0 Å². The molecule has 3 fully saturated rings. The highest BCUT2D eigenvalue weighted by Crippen LogP contribution is 2.64. The molecule has 9 nitrogen and oxygen atoms in total. The van der Waals surface area contributed by atoms with Gasteiger partial charge >= 0.3 is 5.97 Å². The molecule has 9 heteroatoms. The number of ether oxygens (including phenoxy) is 1. The van der Waals surface area contributed by atoms with E-state index in [1.54, 1.807) is 42.2 Å². The molecule has 3 aliphatic rings. The SMILES string of the molecule is C=CCN(C(=O)C1N([C@H](CO)c2ccccc2)C(=O)[C@@H]2[C@@H](C(=O)O)[C@@]3(C)CCC12O3)c1ccc(N(CC)CC)cc1. The van der Waals surface area contributed by atoms with Gasteiger partial charge in [-0.25, -0.2) is 0 Å². The van der Waals surface area contributed by atoms with Crippen molar-refractivity contribution in [2.24, 2.45) is 11.8 Å². The van der Waals surface area contributed by atoms with Crippen LogP contribution in [0.3, 0.4) is 0 Å². The molecule has 3 saturated heterocycles. The molecule has 3 heterocycles. The number of anilines is 2. The molecule has 218 valence electrons. The summed E-state index contributed by atoms with van der Waals surface area (Å²) in [5.41, 5.74) is -0.0712. The van der Waals surface area contributed by atoms with Gasteiger partial charge in [-0.3, -0.25) is 14.4 Å². The number of amides is 2. The first-order valence-corrected chi connectivity index (χ1v) is 14.4. The number of aliphatic hydroxyl groups excluding tert-OH is 1. The quantitative estimate of drug-likeness (QED) is 0.403. The third kappa shape index (κ3) is 4.42. The zero-order chi connectivity index (χ0) is 29.5. The van der Waals surface area contributed by atoms with E-state index in [1.807, 2.05) is 30.3 Å². The van der Waals surface area contributed by atoms with Crippen LogP contribution in [0.4, 0.5) is 11.4 Å². The summed E-state index contributed by atoms with van der Waals surface area (Å²) in [5.74, 6) is -4.12. The van der Waals surface area contributed by atoms with Gasteiger partial charge in [0.05, 0.1) is 30.1 Å². The van der Waals surface area contributed by atoms with Gasteiger partial charge in [0, 0.05) is 31.0 Å². The van der Waals surface area contributed by atoms with Crippen LogP contribution in [-0.4, -0.2) is 76.4 Å². The minimum absolute atomic E-state index is 0.178. The number of nitrogens with zero attached hydrogens (tertiary/aromatic N) is 3. The lowest BCUT2D eigenvalue weighted by molar-refractivity contribution is -0.155. The van der Waals surface area contributed by atoms with Crippen LogP contribution in [0.5, 0.6) is 0 Å². The highest BCUT2D eigenvalue weighted by Gasteiger charge is 2.79. The van der Waals surface area contributed by atoms with Gasteiger partial charge in [-0.2, -0.15) is 0 Å². The van der Waals surface area contributed by atoms with Crippen LogP contribution >= 0.6 is 0 Å². The van der Waals surface area contributed by atoms with E-state index in [4.69, 9.17) is 4.74 Å². The maximum atomic E-state index is 14.7. The largest absolute Gasteiger partial charge is 0.481 e. The van der Waals surface area contributed by atoms with Gasteiger partial charge in [0.25, 0.3) is 5.91 Å². The molecule has 1 spiro atoms. The first-order valence-electron chi connectivity index (χ1n) is 14.4. The summed E-state index contributed by atoms with van der Waals surface area (Å²) >= 11 is 0. The van der Waals surface area contributed by atoms with E-state index in [1.165, 1.54) is 4.90 Å². The van der Waals surface area contributed by atoms with Crippen molar-refractivity contribution in [3.63, 3.8) is 0 Å². The van der Waals surface area contributed by atoms with Crippen LogP contribution < -0.4 is 9.80 Å². The predicted molar refractivity (Wildman–Crippen MR) is 156 cm³/mol. The average molecular weight is 562 g/mol. The fourth-order valence-electron chi connectivity index (χ4n) is 7.42. The maximum Gasteiger partial charge on any atom is 0.310 e. The van der Waals surface area contributed by atoms with Crippen molar-refractivity contribution in [3.05, 3.63) is 72.8 Å². The minimum Gasteiger partial charge on any atom is -0.481 e. The molecule has 2 bridgehead atoms. The molecule has 3 aliphatic heterocycles. The number of likely N-dealkylation sites (tertiary alicyclic amines) is 1. The van der Waals surface area contributed by atoms with Crippen molar-refractivity contribution in [3.8, 4) is 0 Å². The minimum atomic E-state index is -1.32. The zero-order valence-electron chi connectivity index (χ0n) is 23.9. The normalized spacial score (nSPS) is 28.8. The number of carbonyl (C=O) groups is 3. The smallest absolute Gasteiger partial charge is 0.310 e. The zero-order valence-corrected chi connectivity index (χ0v) is 23.9. The Bertz CT molecular complexity index is 1310. The van der Waals surface area contributed by atoms with Crippen molar-refractivity contribution in [2.45, 2.75) is 56.9 Å². The second kappa shape index (κ2) is 10.9. The van der Waals surface area contributed by atoms with Crippen LogP contribution in [0, 0.1) is 11.8 Å². The van der Waals surface area contributed by atoms with Gasteiger partial charge < -0.3 is 29.6 Å². The second-order valence-corrected chi connectivity index (χ2v) is 11.3. The standard InChI is InChI=1S/C32H39N3O6/c1-5-19-34(23-15-13-22(14-16-23)33(6-2)7-3)29(38)27-32-18-17-31(4,41-32)26(30(39)40)25(32)28(37)35(27)24(20-36)21-11-9-8-10-12-21/h5,8-16,24-27,36H,1,6-7,17-20H2,2-4H3,(H,39,40)/t24-,25+,26+,27?,31-,32?/m1/s1. The molecular formula is C32H39N3O6. The predicted octanol–water partition coefficient (Wildman–Crippen LogP) is 3.63. The van der Waals surface area contributed by atoms with Gasteiger partial charge in [-0.05, 0) is 63.4 Å². The molecule has 2 aromatic rings. The van der Waals surface area contributed by atoms with E-state index in [2.05, 4.69) is 25.3 Å². The number of benzene rings is 2. The van der Waals surface area contributed by atoms with Crippen molar-refractivity contribution in [1.82, 2.24) is 4.90 Å². The summed E-state index contributed by atoms with van der Waals surface area (Å²) in [5, 5.41) is 20.9. The first-order chi connectivity index (χ1) is 19.7. The Kier molecular flexibility index (Phi) is 7.70. The Morgan fingerprint density at radius 3 is 2.29 bits per heavy atom. The van der Waals surface area contributed by atoms with E-state index in [9.17, 15) is 24.6 Å². The van der Waals surface area contributed by atoms with Crippen LogP contribution in [0.1, 0.15) is 45.2 Å². The fraction of sp³-hybridized carbons (Fsp3) is 0.469. The first kappa shape index (κ1) is 28.8. The number of hydrogen-bond donors (Lipinski definition) is 2. The van der Waals surface area contributed by atoms with Crippen molar-refractivity contribution >= 4 is 29.2 Å². The molecule has 0 aromatic heterocycles. The Morgan fingerprint density at radius 2 is 1.73 bits per heavy atom. The molecule has 0 radical (unpaired) electrons. The molecule has 2 N–H and O–H groups in total. The van der Waals surface area contributed by atoms with Crippen LogP contribution in [0.25, 0.3) is 0 Å². The highest BCUT2D eigenvalue weighted by molar-refractivity contribution is 6.05. The molecule has 0 saturated carbocycles. The molecule has 2 amide bonds. The van der Waals surface area contributed by atoms with E-state index in [0.29, 0.717) is 24.1 Å². The Balaban J connectivity index is 1.62. The fourth-order valence-corrected chi connectivity index (χ4v) is 7.42. The average Bonchev–Trinajstić information content (AvgIpc) is 3.54. The molecule has 41 heavy (non-hydrogen) atoms. The Morgan fingerprint density at radius 1 is 1.10 bits per heavy atom. The van der Waals surface area contributed by atoms with Crippen LogP contribution in [-0.2, 0) is 19.1 Å². The summed E-state index contributed by atoms with van der Waals surface area (Å²) < 4.78 is 6.55. The summed E-state index contributed by atoms with van der Waals surface area (Å²) in [6.45, 7) is 11.2. The second-order valence-electron chi connectivity index (χ2n) is 11.3. The molecule has 6 atom stereocenters. The number of carboxylic acid groups (broad SMARTS) is 1. The third-order valence-electron chi connectivity index (χ3n) is 9.28. The number of fused-ring (bicyclic) bond motifs is 1. The lowest BCUT2D eigenvalue weighted by Gasteiger charge is -2.39. The van der Waals surface area contributed by atoms with Crippen LogP contribution in [0.15, 0.2) is 67.3 Å². The number of rotatable bonds is 11. The molecule has 2 aromatic carbocycles. The number of aliphatic hydroxyl groups is 1. The third-order valence-corrected chi connectivity index (χ3v) is 9.28. The van der Waals surface area contributed by atoms with Crippen molar-refractivity contribution in [2.75, 3.05) is 36.0 Å². The Labute approximate surface area is 241 Å². The summed E-state index contributed by atoms with van der Waals surface area (Å²) in [6, 6.07) is 14.7. The number of carbonyl (C=O) groups excluding carboxylic acids is 2. The van der Waals surface area contributed by atoms with Gasteiger partial charge in [0.1, 0.15) is 11.6 Å². The Hall–Kier alpha value is -3.69. The lowest BCUT2D eigenvalue weighted by Crippen LogP contribution is -2.57. The van der Waals surface area contributed by atoms with Gasteiger partial charge in [-0.15, -0.1) is 6.58 Å². The number of aliphatic carboxylic acids is 1. The van der Waals surface area contributed by atoms with E-state index in [0.717, 1.165) is 18.8 Å². The van der Waals surface area contributed by atoms with Gasteiger partial charge in [-0.1, -0.05) is 36.4 Å². The lowest BCUT2D eigenvalue weighted by atomic mass is 9.66. The number of carboxylic acids is 1. The molecule has 2 unspecified atom stereocenters. The van der Waals surface area contributed by atoms with E-state index < -0.39 is 53.6 Å². The van der Waals surface area contributed by atoms with Gasteiger partial charge in [0.15, 0.2) is 0 Å².